The monoisotopic (exact) mass is 291 g/mol. The van der Waals surface area contributed by atoms with Crippen LogP contribution in [0.1, 0.15) is 32.1 Å². The molecule has 3 N–H and O–H groups in total. The normalized spacial score (nSPS) is 29.6. The summed E-state index contributed by atoms with van der Waals surface area (Å²) in [7, 11) is 1.93. The summed E-state index contributed by atoms with van der Waals surface area (Å²) in [6.45, 7) is 1.91. The highest BCUT2D eigenvalue weighted by molar-refractivity contribution is 5.79. The molecule has 1 saturated carbocycles. The molecule has 2 heterocycles. The molecule has 21 heavy (non-hydrogen) atoms. The maximum Gasteiger partial charge on any atom is 0.223 e. The van der Waals surface area contributed by atoms with E-state index in [2.05, 4.69) is 15.3 Å². The molecule has 1 aromatic rings. The number of nitrogens with two attached hydrogens (primary N) is 1. The average Bonchev–Trinajstić information content (AvgIpc) is 3.08. The number of nitrogens with one attached hydrogen (secondary N) is 1. The molecule has 6 heteroatoms. The van der Waals surface area contributed by atoms with E-state index in [1.54, 1.807) is 0 Å². The third-order valence-electron chi connectivity index (χ3n) is 4.67. The van der Waals surface area contributed by atoms with Gasteiger partial charge in [-0.2, -0.15) is 5.10 Å². The van der Waals surface area contributed by atoms with Crippen molar-refractivity contribution in [2.45, 2.75) is 44.2 Å². The van der Waals surface area contributed by atoms with Crippen molar-refractivity contribution in [2.24, 2.45) is 18.7 Å². The molecule has 0 aromatic carbocycles. The van der Waals surface area contributed by atoms with Gasteiger partial charge in [0.2, 0.25) is 5.91 Å². The van der Waals surface area contributed by atoms with E-state index in [9.17, 15) is 4.79 Å². The standard InChI is InChI=1S/C15H25N5O/c1-19-10-14(8-17-19)20-6-2-3-13(9-20)18-15(21)11-4-5-12(16)7-11/h8,10-13H,2-7,9,16H2,1H3,(H,18,21). The first-order valence-corrected chi connectivity index (χ1v) is 7.91. The number of piperidine rings is 1. The number of aryl methyl sites for hydroxylation is 1. The van der Waals surface area contributed by atoms with Gasteiger partial charge in [0.05, 0.1) is 11.9 Å². The lowest BCUT2D eigenvalue weighted by Crippen LogP contribution is -2.49. The molecule has 2 fully saturated rings. The Hall–Kier alpha value is -1.56. The van der Waals surface area contributed by atoms with Crippen molar-refractivity contribution < 1.29 is 4.79 Å². The topological polar surface area (TPSA) is 76.2 Å². The van der Waals surface area contributed by atoms with Gasteiger partial charge in [-0.25, -0.2) is 0 Å². The Labute approximate surface area is 125 Å². The molecule has 116 valence electrons. The van der Waals surface area contributed by atoms with Gasteiger partial charge in [-0.15, -0.1) is 0 Å². The van der Waals surface area contributed by atoms with E-state index in [0.717, 1.165) is 50.9 Å². The second kappa shape index (κ2) is 6.05. The second-order valence-electron chi connectivity index (χ2n) is 6.44. The molecule has 0 radical (unpaired) electrons. The predicted molar refractivity (Wildman–Crippen MR) is 81.9 cm³/mol. The van der Waals surface area contributed by atoms with E-state index < -0.39 is 0 Å². The maximum atomic E-state index is 12.3. The van der Waals surface area contributed by atoms with Crippen molar-refractivity contribution in [3.05, 3.63) is 12.4 Å². The smallest absolute Gasteiger partial charge is 0.223 e. The minimum atomic E-state index is 0.119. The van der Waals surface area contributed by atoms with Gasteiger partial charge in [0.25, 0.3) is 0 Å². The first-order chi connectivity index (χ1) is 10.1. The first kappa shape index (κ1) is 14.4. The maximum absolute atomic E-state index is 12.3. The van der Waals surface area contributed by atoms with Crippen LogP contribution in [-0.4, -0.2) is 40.9 Å². The van der Waals surface area contributed by atoms with Gasteiger partial charge < -0.3 is 16.0 Å². The molecule has 1 aliphatic carbocycles. The Bertz CT molecular complexity index is 500. The quantitative estimate of drug-likeness (QED) is 0.856. The summed E-state index contributed by atoms with van der Waals surface area (Å²) in [4.78, 5) is 14.6. The molecule has 1 saturated heterocycles. The van der Waals surface area contributed by atoms with Crippen molar-refractivity contribution in [3.63, 3.8) is 0 Å². The molecule has 6 nitrogen and oxygen atoms in total. The number of rotatable bonds is 3. The highest BCUT2D eigenvalue weighted by atomic mass is 16.2. The fraction of sp³-hybridized carbons (Fsp3) is 0.733. The molecule has 0 spiro atoms. The fourth-order valence-electron chi connectivity index (χ4n) is 3.47. The zero-order valence-corrected chi connectivity index (χ0v) is 12.7. The zero-order chi connectivity index (χ0) is 14.8. The number of aromatic nitrogens is 2. The van der Waals surface area contributed by atoms with Crippen LogP contribution in [0, 0.1) is 5.92 Å². The third kappa shape index (κ3) is 3.37. The summed E-state index contributed by atoms with van der Waals surface area (Å²) < 4.78 is 1.82. The van der Waals surface area contributed by atoms with E-state index in [1.807, 2.05) is 24.1 Å². The lowest BCUT2D eigenvalue weighted by molar-refractivity contribution is -0.125. The van der Waals surface area contributed by atoms with Crippen LogP contribution in [0.15, 0.2) is 12.4 Å². The number of hydrogen-bond acceptors (Lipinski definition) is 4. The van der Waals surface area contributed by atoms with E-state index in [0.29, 0.717) is 0 Å². The number of carbonyl (C=O) groups excluding carboxylic acids is 1. The summed E-state index contributed by atoms with van der Waals surface area (Å²) in [5.41, 5.74) is 7.04. The minimum Gasteiger partial charge on any atom is -0.367 e. The molecular formula is C15H25N5O. The van der Waals surface area contributed by atoms with Crippen LogP contribution in [0.3, 0.4) is 0 Å². The van der Waals surface area contributed by atoms with Gasteiger partial charge >= 0.3 is 0 Å². The summed E-state index contributed by atoms with van der Waals surface area (Å²) in [5.74, 6) is 0.315. The lowest BCUT2D eigenvalue weighted by Gasteiger charge is -2.34. The summed E-state index contributed by atoms with van der Waals surface area (Å²) in [6, 6.07) is 0.447. The summed E-state index contributed by atoms with van der Waals surface area (Å²) >= 11 is 0. The van der Waals surface area contributed by atoms with Gasteiger partial charge in [-0.3, -0.25) is 9.48 Å². The van der Waals surface area contributed by atoms with Gasteiger partial charge in [0.15, 0.2) is 0 Å². The van der Waals surface area contributed by atoms with Crippen LogP contribution in [0.2, 0.25) is 0 Å². The Kier molecular flexibility index (Phi) is 4.14. The molecule has 0 bridgehead atoms. The van der Waals surface area contributed by atoms with Crippen molar-refractivity contribution in [3.8, 4) is 0 Å². The van der Waals surface area contributed by atoms with Crippen molar-refractivity contribution in [1.82, 2.24) is 15.1 Å². The Morgan fingerprint density at radius 3 is 2.95 bits per heavy atom. The third-order valence-corrected chi connectivity index (χ3v) is 4.67. The van der Waals surface area contributed by atoms with E-state index >= 15 is 0 Å². The fourth-order valence-corrected chi connectivity index (χ4v) is 3.47. The number of carbonyl (C=O) groups is 1. The lowest BCUT2D eigenvalue weighted by atomic mass is 10.0. The van der Waals surface area contributed by atoms with Crippen LogP contribution in [-0.2, 0) is 11.8 Å². The molecule has 3 rings (SSSR count). The Balaban J connectivity index is 1.55. The Morgan fingerprint density at radius 2 is 2.29 bits per heavy atom. The van der Waals surface area contributed by atoms with Gasteiger partial charge in [0.1, 0.15) is 0 Å². The number of hydrogen-bond donors (Lipinski definition) is 2. The van der Waals surface area contributed by atoms with Gasteiger partial charge in [0, 0.05) is 44.3 Å². The largest absolute Gasteiger partial charge is 0.367 e. The molecule has 3 atom stereocenters. The zero-order valence-electron chi connectivity index (χ0n) is 12.7. The second-order valence-corrected chi connectivity index (χ2v) is 6.44. The number of amides is 1. The highest BCUT2D eigenvalue weighted by Gasteiger charge is 2.30. The Morgan fingerprint density at radius 1 is 1.43 bits per heavy atom. The molecular weight excluding hydrogens is 266 g/mol. The first-order valence-electron chi connectivity index (χ1n) is 7.91. The van der Waals surface area contributed by atoms with Gasteiger partial charge in [-0.1, -0.05) is 0 Å². The van der Waals surface area contributed by atoms with E-state index in [1.165, 1.54) is 0 Å². The minimum absolute atomic E-state index is 0.119. The molecule has 3 unspecified atom stereocenters. The highest BCUT2D eigenvalue weighted by Crippen LogP contribution is 2.25. The van der Waals surface area contributed by atoms with Crippen molar-refractivity contribution in [1.29, 1.82) is 0 Å². The SMILES string of the molecule is Cn1cc(N2CCCC(NC(=O)C3CCC(N)C3)C2)cn1. The average molecular weight is 291 g/mol. The number of nitrogens with zero attached hydrogens (tertiary/aromatic N) is 3. The number of anilines is 1. The van der Waals surface area contributed by atoms with Crippen molar-refractivity contribution in [2.75, 3.05) is 18.0 Å². The van der Waals surface area contributed by atoms with Crippen LogP contribution in [0.5, 0.6) is 0 Å². The van der Waals surface area contributed by atoms with E-state index in [4.69, 9.17) is 5.73 Å². The van der Waals surface area contributed by atoms with Crippen LogP contribution >= 0.6 is 0 Å². The van der Waals surface area contributed by atoms with Crippen LogP contribution < -0.4 is 16.0 Å². The molecule has 1 aliphatic heterocycles. The van der Waals surface area contributed by atoms with Crippen LogP contribution in [0.25, 0.3) is 0 Å². The summed E-state index contributed by atoms with van der Waals surface area (Å²) in [5, 5.41) is 7.45. The summed E-state index contributed by atoms with van der Waals surface area (Å²) in [6.07, 6.45) is 8.83. The molecule has 2 aliphatic rings. The van der Waals surface area contributed by atoms with Gasteiger partial charge in [-0.05, 0) is 32.1 Å². The molecule has 1 amide bonds. The van der Waals surface area contributed by atoms with Crippen LogP contribution in [0.4, 0.5) is 5.69 Å². The predicted octanol–water partition coefficient (Wildman–Crippen LogP) is 0.633. The van der Waals surface area contributed by atoms with E-state index in [-0.39, 0.29) is 23.9 Å². The van der Waals surface area contributed by atoms with Crippen molar-refractivity contribution >= 4 is 11.6 Å². The molecule has 1 aromatic heterocycles.